The third kappa shape index (κ3) is 2.38. The molecule has 1 fully saturated rings. The van der Waals surface area contributed by atoms with Crippen molar-refractivity contribution in [3.05, 3.63) is 0 Å². The van der Waals surface area contributed by atoms with Crippen LogP contribution in [0.3, 0.4) is 0 Å². The number of thioether (sulfide) groups is 1. The highest BCUT2D eigenvalue weighted by Crippen LogP contribution is 2.25. The van der Waals surface area contributed by atoms with Crippen molar-refractivity contribution in [3.8, 4) is 0 Å². The molecule has 1 aliphatic heterocycles. The van der Waals surface area contributed by atoms with Gasteiger partial charge in [-0.15, -0.1) is 0 Å². The van der Waals surface area contributed by atoms with Crippen LogP contribution in [0, 0.1) is 5.92 Å². The van der Waals surface area contributed by atoms with Crippen LogP contribution in [0.2, 0.25) is 0 Å². The third-order valence-electron chi connectivity index (χ3n) is 1.80. The highest BCUT2D eigenvalue weighted by atomic mass is 32.2. The topological polar surface area (TPSA) is 46.5 Å². The Morgan fingerprint density at radius 2 is 2.42 bits per heavy atom. The van der Waals surface area contributed by atoms with E-state index in [9.17, 15) is 9.90 Å². The van der Waals surface area contributed by atoms with E-state index in [-0.39, 0.29) is 11.9 Å². The van der Waals surface area contributed by atoms with Crippen molar-refractivity contribution in [2.45, 2.75) is 19.4 Å². The number of aliphatic hydroxyl groups is 1. The average Bonchev–Trinajstić information content (AvgIpc) is 2.47. The lowest BCUT2D eigenvalue weighted by atomic mass is 10.1. The summed E-state index contributed by atoms with van der Waals surface area (Å²) in [4.78, 5) is 11.2. The molecule has 2 atom stereocenters. The second-order valence-electron chi connectivity index (χ2n) is 2.88. The molecule has 4 heteroatoms. The summed E-state index contributed by atoms with van der Waals surface area (Å²) in [5.41, 5.74) is 0. The SMILES string of the molecule is CCCOC(=O)C1CSCC1O. The monoisotopic (exact) mass is 190 g/mol. The minimum atomic E-state index is -0.501. The van der Waals surface area contributed by atoms with E-state index in [2.05, 4.69) is 0 Å². The van der Waals surface area contributed by atoms with Gasteiger partial charge in [-0.2, -0.15) is 11.8 Å². The van der Waals surface area contributed by atoms with Crippen LogP contribution < -0.4 is 0 Å². The maximum Gasteiger partial charge on any atom is 0.312 e. The molecule has 0 aromatic heterocycles. The molecule has 2 unspecified atom stereocenters. The normalized spacial score (nSPS) is 28.8. The van der Waals surface area contributed by atoms with E-state index in [0.29, 0.717) is 18.1 Å². The van der Waals surface area contributed by atoms with E-state index in [0.717, 1.165) is 6.42 Å². The van der Waals surface area contributed by atoms with Crippen LogP contribution in [0.4, 0.5) is 0 Å². The van der Waals surface area contributed by atoms with Gasteiger partial charge in [0.2, 0.25) is 0 Å². The minimum Gasteiger partial charge on any atom is -0.465 e. The van der Waals surface area contributed by atoms with Crippen molar-refractivity contribution >= 4 is 17.7 Å². The Balaban J connectivity index is 2.30. The summed E-state index contributed by atoms with van der Waals surface area (Å²) in [6.45, 7) is 2.42. The minimum absolute atomic E-state index is 0.241. The van der Waals surface area contributed by atoms with E-state index in [1.165, 1.54) is 0 Å². The van der Waals surface area contributed by atoms with E-state index in [4.69, 9.17) is 4.74 Å². The fraction of sp³-hybridized carbons (Fsp3) is 0.875. The van der Waals surface area contributed by atoms with Crippen LogP contribution in [0.5, 0.6) is 0 Å². The first kappa shape index (κ1) is 9.86. The van der Waals surface area contributed by atoms with Gasteiger partial charge >= 0.3 is 5.97 Å². The number of hydrogen-bond acceptors (Lipinski definition) is 4. The first-order valence-electron chi connectivity index (χ1n) is 4.18. The molecule has 3 nitrogen and oxygen atoms in total. The predicted octanol–water partition coefficient (Wildman–Crippen LogP) is 0.663. The first-order valence-corrected chi connectivity index (χ1v) is 5.33. The van der Waals surface area contributed by atoms with E-state index >= 15 is 0 Å². The van der Waals surface area contributed by atoms with Gasteiger partial charge in [0.25, 0.3) is 0 Å². The summed E-state index contributed by atoms with van der Waals surface area (Å²) in [6, 6.07) is 0. The Kier molecular flexibility index (Phi) is 3.88. The largest absolute Gasteiger partial charge is 0.465 e. The maximum atomic E-state index is 11.2. The molecule has 0 aliphatic carbocycles. The Bertz CT molecular complexity index is 160. The van der Waals surface area contributed by atoms with E-state index in [1.54, 1.807) is 11.8 Å². The van der Waals surface area contributed by atoms with Crippen LogP contribution in [0.15, 0.2) is 0 Å². The number of esters is 1. The molecule has 1 N–H and O–H groups in total. The lowest BCUT2D eigenvalue weighted by Crippen LogP contribution is -2.28. The van der Waals surface area contributed by atoms with Crippen LogP contribution in [-0.2, 0) is 9.53 Å². The molecule has 0 aromatic carbocycles. The Labute approximate surface area is 76.5 Å². The molecule has 1 saturated heterocycles. The standard InChI is InChI=1S/C8H14O3S/c1-2-3-11-8(10)6-4-12-5-7(6)9/h6-7,9H,2-5H2,1H3. The Morgan fingerprint density at radius 3 is 2.92 bits per heavy atom. The Morgan fingerprint density at radius 1 is 1.67 bits per heavy atom. The number of ether oxygens (including phenoxy) is 1. The van der Waals surface area contributed by atoms with Crippen molar-refractivity contribution in [2.75, 3.05) is 18.1 Å². The molecule has 12 heavy (non-hydrogen) atoms. The van der Waals surface area contributed by atoms with Gasteiger partial charge in [0.1, 0.15) is 0 Å². The number of carbonyl (C=O) groups excluding carboxylic acids is 1. The van der Waals surface area contributed by atoms with Gasteiger partial charge < -0.3 is 9.84 Å². The fourth-order valence-electron chi connectivity index (χ4n) is 1.08. The van der Waals surface area contributed by atoms with Crippen molar-refractivity contribution in [1.82, 2.24) is 0 Å². The summed E-state index contributed by atoms with van der Waals surface area (Å²) < 4.78 is 4.93. The molecule has 0 spiro atoms. The number of hydrogen-bond donors (Lipinski definition) is 1. The zero-order valence-electron chi connectivity index (χ0n) is 7.16. The smallest absolute Gasteiger partial charge is 0.312 e. The summed E-state index contributed by atoms with van der Waals surface area (Å²) in [7, 11) is 0. The van der Waals surface area contributed by atoms with Crippen molar-refractivity contribution in [3.63, 3.8) is 0 Å². The lowest BCUT2D eigenvalue weighted by molar-refractivity contribution is -0.150. The first-order chi connectivity index (χ1) is 5.75. The van der Waals surface area contributed by atoms with Crippen LogP contribution >= 0.6 is 11.8 Å². The average molecular weight is 190 g/mol. The third-order valence-corrected chi connectivity index (χ3v) is 2.97. The highest BCUT2D eigenvalue weighted by molar-refractivity contribution is 7.99. The summed E-state index contributed by atoms with van der Waals surface area (Å²) in [5.74, 6) is 0.825. The quantitative estimate of drug-likeness (QED) is 0.664. The van der Waals surface area contributed by atoms with Crippen molar-refractivity contribution in [1.29, 1.82) is 0 Å². The van der Waals surface area contributed by atoms with E-state index in [1.807, 2.05) is 6.92 Å². The van der Waals surface area contributed by atoms with Gasteiger partial charge in [-0.3, -0.25) is 4.79 Å². The van der Waals surface area contributed by atoms with Crippen LogP contribution in [0.1, 0.15) is 13.3 Å². The van der Waals surface area contributed by atoms with Crippen molar-refractivity contribution < 1.29 is 14.6 Å². The molecule has 1 heterocycles. The van der Waals surface area contributed by atoms with Gasteiger partial charge in [-0.25, -0.2) is 0 Å². The number of rotatable bonds is 3. The van der Waals surface area contributed by atoms with Gasteiger partial charge in [-0.1, -0.05) is 6.92 Å². The molecular formula is C8H14O3S. The molecular weight excluding hydrogens is 176 g/mol. The molecule has 0 radical (unpaired) electrons. The molecule has 1 aliphatic rings. The summed E-state index contributed by atoms with van der Waals surface area (Å²) in [5, 5.41) is 9.34. The zero-order valence-corrected chi connectivity index (χ0v) is 7.97. The molecule has 1 rings (SSSR count). The molecule has 0 saturated carbocycles. The van der Waals surface area contributed by atoms with Gasteiger partial charge in [0.05, 0.1) is 18.6 Å². The number of aliphatic hydroxyl groups excluding tert-OH is 1. The predicted molar refractivity (Wildman–Crippen MR) is 48.1 cm³/mol. The Hall–Kier alpha value is -0.220. The van der Waals surface area contributed by atoms with Crippen LogP contribution in [-0.4, -0.2) is 35.3 Å². The number of carbonyl (C=O) groups is 1. The zero-order chi connectivity index (χ0) is 8.97. The van der Waals surface area contributed by atoms with Gasteiger partial charge in [0, 0.05) is 11.5 Å². The fourth-order valence-corrected chi connectivity index (χ4v) is 2.30. The summed E-state index contributed by atoms with van der Waals surface area (Å²) >= 11 is 1.60. The molecule has 0 bridgehead atoms. The van der Waals surface area contributed by atoms with Crippen molar-refractivity contribution in [2.24, 2.45) is 5.92 Å². The maximum absolute atomic E-state index is 11.2. The second-order valence-corrected chi connectivity index (χ2v) is 3.95. The molecule has 0 aromatic rings. The second kappa shape index (κ2) is 4.72. The van der Waals surface area contributed by atoms with Gasteiger partial charge in [-0.05, 0) is 6.42 Å². The van der Waals surface area contributed by atoms with Crippen LogP contribution in [0.25, 0.3) is 0 Å². The highest BCUT2D eigenvalue weighted by Gasteiger charge is 2.33. The van der Waals surface area contributed by atoms with Gasteiger partial charge in [0.15, 0.2) is 0 Å². The van der Waals surface area contributed by atoms with E-state index < -0.39 is 6.10 Å². The molecule has 0 amide bonds. The summed E-state index contributed by atoms with van der Waals surface area (Å²) in [6.07, 6.45) is 0.334. The lowest BCUT2D eigenvalue weighted by Gasteiger charge is -2.11. The molecule has 70 valence electrons.